The molecule has 0 spiro atoms. The number of hydrogen-bond donors (Lipinski definition) is 5. The zero-order chi connectivity index (χ0) is 37.7. The smallest absolute Gasteiger partial charge is 0.373 e. The first-order chi connectivity index (χ1) is 23.9. The first-order valence-electron chi connectivity index (χ1n) is 16.1. The van der Waals surface area contributed by atoms with Gasteiger partial charge in [-0.3, -0.25) is 0 Å². The van der Waals surface area contributed by atoms with E-state index in [0.717, 1.165) is 0 Å². The third kappa shape index (κ3) is 21.0. The molecule has 0 aliphatic heterocycles. The average molecular weight is 721 g/mol. The summed E-state index contributed by atoms with van der Waals surface area (Å²) < 4.78 is 42.9. The molecular weight excluding hydrogens is 668 g/mol. The lowest BCUT2D eigenvalue weighted by atomic mass is 10.1. The van der Waals surface area contributed by atoms with E-state index in [-0.39, 0.29) is 91.8 Å². The van der Waals surface area contributed by atoms with Crippen molar-refractivity contribution in [1.82, 2.24) is 0 Å². The van der Waals surface area contributed by atoms with Crippen LogP contribution in [0.1, 0.15) is 53.4 Å². The van der Waals surface area contributed by atoms with Gasteiger partial charge in [0.1, 0.15) is 18.3 Å². The van der Waals surface area contributed by atoms with Gasteiger partial charge in [0.2, 0.25) is 0 Å². The highest BCUT2D eigenvalue weighted by Gasteiger charge is 2.31. The molecule has 3 atom stereocenters. The van der Waals surface area contributed by atoms with Crippen LogP contribution in [0.25, 0.3) is 0 Å². The standard InChI is InChI=1S/C33H52O17/c1-5-23(34)30(39)47-17-9-13-43-21-27(38)29(46-16-12-20-50-33(42)26(37)8-4)28(45-15-11-19-49-32(41)25(36)7-3)22-44-14-10-18-48-31(40)24(35)6-2/h5-8,27-29,34-38H,9-22H2,1-4H3. The van der Waals surface area contributed by atoms with Gasteiger partial charge >= 0.3 is 23.9 Å². The molecule has 17 heteroatoms. The van der Waals surface area contributed by atoms with Gasteiger partial charge in [0.15, 0.2) is 23.0 Å². The van der Waals surface area contributed by atoms with E-state index in [4.69, 9.17) is 37.9 Å². The fourth-order valence-electron chi connectivity index (χ4n) is 3.52. The molecule has 0 aromatic rings. The van der Waals surface area contributed by atoms with Crippen LogP contribution in [0.4, 0.5) is 0 Å². The number of carbonyl (C=O) groups is 4. The van der Waals surface area contributed by atoms with Gasteiger partial charge in [-0.25, -0.2) is 19.2 Å². The van der Waals surface area contributed by atoms with E-state index in [9.17, 15) is 44.7 Å². The minimum absolute atomic E-state index is 0.0102. The van der Waals surface area contributed by atoms with Crippen LogP contribution in [0.2, 0.25) is 0 Å². The zero-order valence-electron chi connectivity index (χ0n) is 29.1. The highest BCUT2D eigenvalue weighted by molar-refractivity contribution is 5.86. The van der Waals surface area contributed by atoms with Crippen LogP contribution < -0.4 is 0 Å². The van der Waals surface area contributed by atoms with Gasteiger partial charge in [0.25, 0.3) is 0 Å². The maximum Gasteiger partial charge on any atom is 0.373 e. The van der Waals surface area contributed by atoms with Gasteiger partial charge in [-0.2, -0.15) is 0 Å². The lowest BCUT2D eigenvalue weighted by molar-refractivity contribution is -0.160. The summed E-state index contributed by atoms with van der Waals surface area (Å²) in [6.07, 6.45) is 2.37. The van der Waals surface area contributed by atoms with Gasteiger partial charge in [-0.15, -0.1) is 0 Å². The molecule has 0 radical (unpaired) electrons. The lowest BCUT2D eigenvalue weighted by Crippen LogP contribution is -2.46. The molecule has 5 N–H and O–H groups in total. The molecule has 0 saturated heterocycles. The monoisotopic (exact) mass is 720 g/mol. The molecule has 0 aromatic carbocycles. The maximum atomic E-state index is 11.7. The minimum Gasteiger partial charge on any atom is -0.502 e. The summed E-state index contributed by atoms with van der Waals surface area (Å²) in [4.78, 5) is 46.6. The lowest BCUT2D eigenvalue weighted by Gasteiger charge is -2.31. The van der Waals surface area contributed by atoms with Crippen molar-refractivity contribution in [2.75, 3.05) is 66.1 Å². The second-order valence-electron chi connectivity index (χ2n) is 10.1. The van der Waals surface area contributed by atoms with Crippen molar-refractivity contribution in [3.63, 3.8) is 0 Å². The number of ether oxygens (including phenoxy) is 8. The molecule has 0 fully saturated rings. The molecule has 0 amide bonds. The first kappa shape index (κ1) is 45.8. The summed E-state index contributed by atoms with van der Waals surface area (Å²) in [6.45, 7) is 5.38. The van der Waals surface area contributed by atoms with E-state index in [1.54, 1.807) is 0 Å². The summed E-state index contributed by atoms with van der Waals surface area (Å²) in [7, 11) is 0. The minimum atomic E-state index is -1.29. The van der Waals surface area contributed by atoms with Crippen LogP contribution in [-0.2, 0) is 57.1 Å². The number of aliphatic hydroxyl groups is 5. The van der Waals surface area contributed by atoms with Crippen molar-refractivity contribution >= 4 is 23.9 Å². The summed E-state index contributed by atoms with van der Waals surface area (Å²) in [6, 6.07) is 0. The van der Waals surface area contributed by atoms with E-state index in [1.807, 2.05) is 0 Å². The Morgan fingerprint density at radius 2 is 0.800 bits per heavy atom. The largest absolute Gasteiger partial charge is 0.502 e. The summed E-state index contributed by atoms with van der Waals surface area (Å²) in [5.74, 6) is -5.70. The highest BCUT2D eigenvalue weighted by Crippen LogP contribution is 2.14. The molecule has 17 nitrogen and oxygen atoms in total. The van der Waals surface area contributed by atoms with E-state index < -0.39 is 65.2 Å². The molecule has 0 rings (SSSR count). The topological polar surface area (TPSA) is 243 Å². The van der Waals surface area contributed by atoms with Crippen molar-refractivity contribution in [2.45, 2.75) is 71.7 Å². The van der Waals surface area contributed by atoms with Crippen LogP contribution in [0.5, 0.6) is 0 Å². The van der Waals surface area contributed by atoms with Crippen LogP contribution in [0.3, 0.4) is 0 Å². The summed E-state index contributed by atoms with van der Waals surface area (Å²) in [5, 5.41) is 48.8. The molecule has 286 valence electrons. The fourth-order valence-corrected chi connectivity index (χ4v) is 3.52. The average Bonchev–Trinajstić information content (AvgIpc) is 3.12. The van der Waals surface area contributed by atoms with Gasteiger partial charge < -0.3 is 63.4 Å². The molecule has 50 heavy (non-hydrogen) atoms. The van der Waals surface area contributed by atoms with Crippen molar-refractivity contribution in [1.29, 1.82) is 0 Å². The SMILES string of the molecule is CC=C(O)C(=O)OCCCOCC(O)C(OCCCOC(=O)C(O)=CC)C(COCCCOC(=O)C(O)=CC)OCCCOC(=O)C(O)=CC. The van der Waals surface area contributed by atoms with Gasteiger partial charge in [0, 0.05) is 38.9 Å². The van der Waals surface area contributed by atoms with Crippen LogP contribution in [0, 0.1) is 0 Å². The Balaban J connectivity index is 5.46. The molecule has 3 unspecified atom stereocenters. The molecule has 0 heterocycles. The van der Waals surface area contributed by atoms with Gasteiger partial charge in [0.05, 0.1) is 52.9 Å². The van der Waals surface area contributed by atoms with Gasteiger partial charge in [-0.1, -0.05) is 0 Å². The Morgan fingerprint density at radius 3 is 1.16 bits per heavy atom. The Bertz CT molecular complexity index is 1130. The number of hydrogen-bond acceptors (Lipinski definition) is 17. The zero-order valence-corrected chi connectivity index (χ0v) is 29.1. The Morgan fingerprint density at radius 1 is 0.480 bits per heavy atom. The summed E-state index contributed by atoms with van der Waals surface area (Å²) >= 11 is 0. The second-order valence-corrected chi connectivity index (χ2v) is 10.1. The maximum absolute atomic E-state index is 11.7. The predicted molar refractivity (Wildman–Crippen MR) is 175 cm³/mol. The summed E-state index contributed by atoms with van der Waals surface area (Å²) in [5.41, 5.74) is 0. The van der Waals surface area contributed by atoms with Crippen molar-refractivity contribution in [3.8, 4) is 0 Å². The van der Waals surface area contributed by atoms with Crippen molar-refractivity contribution in [2.24, 2.45) is 0 Å². The molecule has 0 aromatic heterocycles. The van der Waals surface area contributed by atoms with E-state index in [2.05, 4.69) is 0 Å². The van der Waals surface area contributed by atoms with E-state index >= 15 is 0 Å². The van der Waals surface area contributed by atoms with Crippen molar-refractivity contribution < 1.29 is 82.6 Å². The third-order valence-electron chi connectivity index (χ3n) is 6.26. The number of carbonyl (C=O) groups excluding carboxylic acids is 4. The third-order valence-corrected chi connectivity index (χ3v) is 6.26. The molecule has 0 aliphatic carbocycles. The Kier molecular flexibility index (Phi) is 26.3. The molecule has 0 saturated carbocycles. The van der Waals surface area contributed by atoms with Crippen LogP contribution in [-0.4, -0.2) is 134 Å². The normalized spacial score (nSPS) is 14.4. The quantitative estimate of drug-likeness (QED) is 0.0256. The van der Waals surface area contributed by atoms with Crippen LogP contribution in [0.15, 0.2) is 47.3 Å². The van der Waals surface area contributed by atoms with Gasteiger partial charge in [-0.05, 0) is 52.0 Å². The van der Waals surface area contributed by atoms with E-state index in [1.165, 1.54) is 52.0 Å². The Labute approximate surface area is 291 Å². The number of rotatable bonds is 28. The van der Waals surface area contributed by atoms with E-state index in [0.29, 0.717) is 0 Å². The van der Waals surface area contributed by atoms with Crippen LogP contribution >= 0.6 is 0 Å². The first-order valence-corrected chi connectivity index (χ1v) is 16.1. The number of esters is 4. The molecular formula is C33H52O17. The predicted octanol–water partition coefficient (Wildman–Crippen LogP) is 2.73. The number of allylic oxidation sites excluding steroid dienone is 4. The van der Waals surface area contributed by atoms with Crippen molar-refractivity contribution in [3.05, 3.63) is 47.3 Å². The Hall–Kier alpha value is -4.16. The molecule has 0 aliphatic rings. The molecule has 0 bridgehead atoms. The highest BCUT2D eigenvalue weighted by atomic mass is 16.6. The fraction of sp³-hybridized carbons (Fsp3) is 0.636. The second kappa shape index (κ2) is 28.7. The number of aliphatic hydroxyl groups excluding tert-OH is 5.